The number of nitrogen functional groups attached to an aromatic ring is 1. The van der Waals surface area contributed by atoms with Gasteiger partial charge in [-0.05, 0) is 18.0 Å². The molecule has 2 heterocycles. The zero-order chi connectivity index (χ0) is 10.1. The lowest BCUT2D eigenvalue weighted by Crippen LogP contribution is -2.24. The lowest BCUT2D eigenvalue weighted by molar-refractivity contribution is 0.198. The summed E-state index contributed by atoms with van der Waals surface area (Å²) in [5.41, 5.74) is 5.43. The fourth-order valence-electron chi connectivity index (χ4n) is 1.42. The number of hydrogen-bond donors (Lipinski definition) is 2. The topological polar surface area (TPSA) is 88.2 Å². The Morgan fingerprint density at radius 2 is 2.21 bits per heavy atom. The van der Waals surface area contributed by atoms with E-state index in [4.69, 9.17) is 17.3 Å². The number of aliphatic hydroxyl groups is 1. The van der Waals surface area contributed by atoms with Gasteiger partial charge < -0.3 is 15.7 Å². The zero-order valence-electron chi connectivity index (χ0n) is 7.39. The molecular formula is C7H10ClN5O. The van der Waals surface area contributed by atoms with Crippen LogP contribution in [0.3, 0.4) is 0 Å². The third-order valence-corrected chi connectivity index (χ3v) is 2.23. The second-order valence-corrected chi connectivity index (χ2v) is 3.49. The maximum Gasteiger partial charge on any atom is 0.231 e. The fraction of sp³-hybridized carbons (Fsp3) is 0.571. The molecule has 1 aromatic heterocycles. The number of nitrogens with zero attached hydrogens (tertiary/aromatic N) is 4. The lowest BCUT2D eigenvalue weighted by atomic mass is 10.3. The molecule has 0 bridgehead atoms. The van der Waals surface area contributed by atoms with Crippen molar-refractivity contribution in [1.29, 1.82) is 0 Å². The van der Waals surface area contributed by atoms with Gasteiger partial charge in [-0.2, -0.15) is 15.0 Å². The van der Waals surface area contributed by atoms with E-state index in [-0.39, 0.29) is 17.3 Å². The third-order valence-electron chi connectivity index (χ3n) is 2.06. The highest BCUT2D eigenvalue weighted by Gasteiger charge is 2.22. The fourth-order valence-corrected chi connectivity index (χ4v) is 1.58. The Morgan fingerprint density at radius 3 is 2.79 bits per heavy atom. The molecule has 0 radical (unpaired) electrons. The number of β-amino-alcohol motifs (C(OH)–C–C–N with tert-alkyl or cyclic N) is 1. The van der Waals surface area contributed by atoms with Crippen LogP contribution in [0.5, 0.6) is 0 Å². The summed E-state index contributed by atoms with van der Waals surface area (Å²) >= 11 is 5.63. The summed E-state index contributed by atoms with van der Waals surface area (Å²) in [6, 6.07) is 0. The Hall–Kier alpha value is -1.14. The van der Waals surface area contributed by atoms with E-state index in [1.54, 1.807) is 0 Å². The predicted molar refractivity (Wildman–Crippen MR) is 52.1 cm³/mol. The average Bonchev–Trinajstić information content (AvgIpc) is 2.50. The quantitative estimate of drug-likeness (QED) is 0.668. The highest BCUT2D eigenvalue weighted by molar-refractivity contribution is 6.28. The molecule has 0 unspecified atom stereocenters. The van der Waals surface area contributed by atoms with Crippen molar-refractivity contribution in [2.75, 3.05) is 23.7 Å². The molecule has 7 heteroatoms. The number of aromatic nitrogens is 3. The molecule has 2 rings (SSSR count). The first kappa shape index (κ1) is 9.42. The van der Waals surface area contributed by atoms with Crippen molar-refractivity contribution in [3.8, 4) is 0 Å². The van der Waals surface area contributed by atoms with Crippen LogP contribution in [0.1, 0.15) is 6.42 Å². The van der Waals surface area contributed by atoms with Gasteiger partial charge in [-0.25, -0.2) is 0 Å². The van der Waals surface area contributed by atoms with E-state index in [0.29, 0.717) is 25.5 Å². The Kier molecular flexibility index (Phi) is 2.39. The minimum absolute atomic E-state index is 0.0777. The maximum atomic E-state index is 9.32. The summed E-state index contributed by atoms with van der Waals surface area (Å²) in [6.07, 6.45) is 0.384. The van der Waals surface area contributed by atoms with Crippen LogP contribution in [-0.4, -0.2) is 39.3 Å². The summed E-state index contributed by atoms with van der Waals surface area (Å²) < 4.78 is 0. The number of rotatable bonds is 1. The van der Waals surface area contributed by atoms with Gasteiger partial charge in [0, 0.05) is 13.1 Å². The van der Waals surface area contributed by atoms with Gasteiger partial charge in [0.2, 0.25) is 17.2 Å². The molecule has 1 atom stereocenters. The second kappa shape index (κ2) is 3.55. The van der Waals surface area contributed by atoms with E-state index in [9.17, 15) is 5.11 Å². The Bertz CT molecular complexity index is 327. The molecule has 6 nitrogen and oxygen atoms in total. The van der Waals surface area contributed by atoms with Crippen LogP contribution in [0.15, 0.2) is 0 Å². The number of anilines is 2. The van der Waals surface area contributed by atoms with Crippen LogP contribution < -0.4 is 10.6 Å². The standard InChI is InChI=1S/C7H10ClN5O/c8-5-10-6(9)12-7(11-5)13-2-1-4(14)3-13/h4,14H,1-3H2,(H2,9,10,11,12)/t4-/m1/s1. The number of aliphatic hydroxyl groups excluding tert-OH is 1. The van der Waals surface area contributed by atoms with Crippen molar-refractivity contribution in [2.24, 2.45) is 0 Å². The Morgan fingerprint density at radius 1 is 1.43 bits per heavy atom. The van der Waals surface area contributed by atoms with Gasteiger partial charge in [0.05, 0.1) is 6.10 Å². The van der Waals surface area contributed by atoms with Crippen LogP contribution in [0.4, 0.5) is 11.9 Å². The summed E-state index contributed by atoms with van der Waals surface area (Å²) in [5.74, 6) is 0.528. The minimum Gasteiger partial charge on any atom is -0.391 e. The molecule has 76 valence electrons. The molecule has 1 aromatic rings. The van der Waals surface area contributed by atoms with Gasteiger partial charge in [0.25, 0.3) is 0 Å². The van der Waals surface area contributed by atoms with Crippen LogP contribution >= 0.6 is 11.6 Å². The Balaban J connectivity index is 2.23. The molecule has 1 aliphatic rings. The van der Waals surface area contributed by atoms with E-state index < -0.39 is 0 Å². The van der Waals surface area contributed by atoms with E-state index in [1.165, 1.54) is 0 Å². The first-order chi connectivity index (χ1) is 6.65. The first-order valence-electron chi connectivity index (χ1n) is 4.25. The van der Waals surface area contributed by atoms with Crippen molar-refractivity contribution in [3.63, 3.8) is 0 Å². The summed E-state index contributed by atoms with van der Waals surface area (Å²) in [6.45, 7) is 1.22. The smallest absolute Gasteiger partial charge is 0.231 e. The Labute approximate surface area is 85.7 Å². The van der Waals surface area contributed by atoms with E-state index >= 15 is 0 Å². The zero-order valence-corrected chi connectivity index (χ0v) is 8.15. The SMILES string of the molecule is Nc1nc(Cl)nc(N2CC[C@@H](O)C2)n1. The maximum absolute atomic E-state index is 9.32. The third kappa shape index (κ3) is 1.85. The largest absolute Gasteiger partial charge is 0.391 e. The molecule has 0 saturated carbocycles. The summed E-state index contributed by atoms with van der Waals surface area (Å²) in [5, 5.41) is 9.40. The van der Waals surface area contributed by atoms with Gasteiger partial charge in [-0.3, -0.25) is 0 Å². The van der Waals surface area contributed by atoms with Crippen molar-refractivity contribution < 1.29 is 5.11 Å². The van der Waals surface area contributed by atoms with Crippen LogP contribution in [0, 0.1) is 0 Å². The van der Waals surface area contributed by atoms with Gasteiger partial charge in [0.15, 0.2) is 0 Å². The molecule has 1 saturated heterocycles. The van der Waals surface area contributed by atoms with Gasteiger partial charge in [-0.15, -0.1) is 0 Å². The highest BCUT2D eigenvalue weighted by atomic mass is 35.5. The summed E-state index contributed by atoms with van der Waals surface area (Å²) in [7, 11) is 0. The molecular weight excluding hydrogens is 206 g/mol. The van der Waals surface area contributed by atoms with E-state index in [0.717, 1.165) is 0 Å². The second-order valence-electron chi connectivity index (χ2n) is 3.15. The molecule has 0 aliphatic carbocycles. The van der Waals surface area contributed by atoms with Gasteiger partial charge in [0.1, 0.15) is 0 Å². The molecule has 1 fully saturated rings. The number of halogens is 1. The first-order valence-corrected chi connectivity index (χ1v) is 4.63. The van der Waals surface area contributed by atoms with Gasteiger partial charge >= 0.3 is 0 Å². The van der Waals surface area contributed by atoms with E-state index in [1.807, 2.05) is 4.90 Å². The lowest BCUT2D eigenvalue weighted by Gasteiger charge is -2.14. The monoisotopic (exact) mass is 215 g/mol. The molecule has 14 heavy (non-hydrogen) atoms. The average molecular weight is 216 g/mol. The van der Waals surface area contributed by atoms with E-state index in [2.05, 4.69) is 15.0 Å². The van der Waals surface area contributed by atoms with Crippen molar-refractivity contribution in [1.82, 2.24) is 15.0 Å². The highest BCUT2D eigenvalue weighted by Crippen LogP contribution is 2.17. The molecule has 3 N–H and O–H groups in total. The number of nitrogens with two attached hydrogens (primary N) is 1. The van der Waals surface area contributed by atoms with Crippen LogP contribution in [0.25, 0.3) is 0 Å². The molecule has 0 aromatic carbocycles. The van der Waals surface area contributed by atoms with Crippen LogP contribution in [0.2, 0.25) is 5.28 Å². The van der Waals surface area contributed by atoms with Gasteiger partial charge in [-0.1, -0.05) is 0 Å². The molecule has 0 amide bonds. The van der Waals surface area contributed by atoms with Crippen molar-refractivity contribution >= 4 is 23.5 Å². The summed E-state index contributed by atoms with van der Waals surface area (Å²) in [4.78, 5) is 13.3. The molecule has 1 aliphatic heterocycles. The molecule has 0 spiro atoms. The predicted octanol–water partition coefficient (Wildman–Crippen LogP) is -0.322. The number of hydrogen-bond acceptors (Lipinski definition) is 6. The minimum atomic E-state index is -0.327. The van der Waals surface area contributed by atoms with Crippen molar-refractivity contribution in [2.45, 2.75) is 12.5 Å². The normalized spacial score (nSPS) is 21.6. The van der Waals surface area contributed by atoms with Crippen LogP contribution in [-0.2, 0) is 0 Å². The van der Waals surface area contributed by atoms with Crippen molar-refractivity contribution in [3.05, 3.63) is 5.28 Å².